The first kappa shape index (κ1) is 32.8. The van der Waals surface area contributed by atoms with Gasteiger partial charge in [-0.05, 0) is 75.3 Å². The van der Waals surface area contributed by atoms with Crippen molar-refractivity contribution in [3.8, 4) is 11.4 Å². The van der Waals surface area contributed by atoms with E-state index in [4.69, 9.17) is 4.42 Å². The summed E-state index contributed by atoms with van der Waals surface area (Å²) in [6, 6.07) is 80.3. The molecule has 9 aromatic carbocycles. The quantitative estimate of drug-likeness (QED) is 0.122. The van der Waals surface area contributed by atoms with Crippen LogP contribution in [0.15, 0.2) is 223 Å². The number of nitrogens with zero attached hydrogens (tertiary/aromatic N) is 2. The Labute approximate surface area is 336 Å². The molecule has 0 aliphatic rings. The first-order valence-corrected chi connectivity index (χ1v) is 21.9. The molecule has 0 fully saturated rings. The minimum Gasteiger partial charge on any atom is -0.456 e. The normalized spacial score (nSPS) is 12.1. The molecule has 0 amide bonds. The van der Waals surface area contributed by atoms with Crippen molar-refractivity contribution in [1.82, 2.24) is 9.13 Å². The Balaban J connectivity index is 1.13. The molecule has 4 heteroatoms. The monoisotopic (exact) mass is 756 g/mol. The maximum atomic E-state index is 6.37. The van der Waals surface area contributed by atoms with Crippen LogP contribution in [0.3, 0.4) is 0 Å². The van der Waals surface area contributed by atoms with E-state index in [-0.39, 0.29) is 0 Å². The number of hydrogen-bond acceptors (Lipinski definition) is 1. The Morgan fingerprint density at radius 1 is 0.310 bits per heavy atom. The highest BCUT2D eigenvalue weighted by atomic mass is 28.3. The molecule has 0 aliphatic carbocycles. The zero-order valence-corrected chi connectivity index (χ0v) is 32.6. The highest BCUT2D eigenvalue weighted by molar-refractivity contribution is 7.20. The predicted octanol–water partition coefficient (Wildman–Crippen LogP) is 11.2. The molecule has 0 radical (unpaired) electrons. The molecular weight excluding hydrogens is 721 g/mol. The highest BCUT2D eigenvalue weighted by Crippen LogP contribution is 2.38. The van der Waals surface area contributed by atoms with Gasteiger partial charge in [0.2, 0.25) is 0 Å². The van der Waals surface area contributed by atoms with Gasteiger partial charge in [-0.3, -0.25) is 0 Å². The van der Waals surface area contributed by atoms with Crippen LogP contribution < -0.4 is 20.7 Å². The average Bonchev–Trinajstić information content (AvgIpc) is 3.95. The Kier molecular flexibility index (Phi) is 7.25. The average molecular weight is 757 g/mol. The molecule has 0 unspecified atom stereocenters. The maximum absolute atomic E-state index is 6.37. The summed E-state index contributed by atoms with van der Waals surface area (Å²) >= 11 is 0. The lowest BCUT2D eigenvalue weighted by Crippen LogP contribution is -2.74. The van der Waals surface area contributed by atoms with Crippen LogP contribution in [0.5, 0.6) is 0 Å². The number of para-hydroxylation sites is 3. The fourth-order valence-electron chi connectivity index (χ4n) is 9.87. The van der Waals surface area contributed by atoms with Crippen LogP contribution >= 0.6 is 0 Å². The molecule has 58 heavy (non-hydrogen) atoms. The van der Waals surface area contributed by atoms with E-state index in [1.807, 2.05) is 12.1 Å². The van der Waals surface area contributed by atoms with Crippen LogP contribution in [0.2, 0.25) is 0 Å². The third-order valence-electron chi connectivity index (χ3n) is 12.3. The van der Waals surface area contributed by atoms with Crippen molar-refractivity contribution >= 4 is 94.4 Å². The lowest BCUT2D eigenvalue weighted by molar-refractivity contribution is 0.668. The van der Waals surface area contributed by atoms with Gasteiger partial charge in [-0.15, -0.1) is 0 Å². The van der Waals surface area contributed by atoms with Crippen LogP contribution in [0.25, 0.3) is 76.9 Å². The van der Waals surface area contributed by atoms with Gasteiger partial charge in [0.15, 0.2) is 8.07 Å². The molecule has 12 rings (SSSR count). The van der Waals surface area contributed by atoms with E-state index < -0.39 is 8.07 Å². The smallest absolute Gasteiger partial charge is 0.180 e. The van der Waals surface area contributed by atoms with Crippen molar-refractivity contribution in [2.24, 2.45) is 0 Å². The Morgan fingerprint density at radius 2 is 0.793 bits per heavy atom. The summed E-state index contributed by atoms with van der Waals surface area (Å²) in [7, 11) is -2.84. The molecule has 0 saturated heterocycles. The van der Waals surface area contributed by atoms with Gasteiger partial charge in [0, 0.05) is 49.8 Å². The minimum absolute atomic E-state index is 0.892. The lowest BCUT2D eigenvalue weighted by atomic mass is 10.1. The summed E-state index contributed by atoms with van der Waals surface area (Å²) in [5, 5.41) is 12.8. The van der Waals surface area contributed by atoms with E-state index in [0.717, 1.165) is 38.8 Å². The van der Waals surface area contributed by atoms with Crippen LogP contribution in [0.4, 0.5) is 0 Å². The number of hydrogen-bond donors (Lipinski definition) is 0. The third-order valence-corrected chi connectivity index (χ3v) is 17.1. The second kappa shape index (κ2) is 12.8. The molecule has 12 aromatic rings. The Morgan fingerprint density at radius 3 is 1.48 bits per heavy atom. The van der Waals surface area contributed by atoms with Crippen LogP contribution in [0, 0.1) is 0 Å². The van der Waals surface area contributed by atoms with Crippen LogP contribution in [-0.2, 0) is 0 Å². The van der Waals surface area contributed by atoms with Gasteiger partial charge in [0.1, 0.15) is 11.2 Å². The molecule has 0 bridgehead atoms. The zero-order chi connectivity index (χ0) is 38.2. The van der Waals surface area contributed by atoms with E-state index in [0.29, 0.717) is 0 Å². The fourth-order valence-corrected chi connectivity index (χ4v) is 14.9. The number of benzene rings is 9. The van der Waals surface area contributed by atoms with Crippen molar-refractivity contribution in [2.45, 2.75) is 0 Å². The highest BCUT2D eigenvalue weighted by Gasteiger charge is 2.43. The second-order valence-electron chi connectivity index (χ2n) is 15.2. The number of furan rings is 1. The first-order chi connectivity index (χ1) is 28.8. The summed E-state index contributed by atoms with van der Waals surface area (Å²) in [5.74, 6) is 0. The predicted molar refractivity (Wildman–Crippen MR) is 246 cm³/mol. The van der Waals surface area contributed by atoms with Gasteiger partial charge in [-0.2, -0.15) is 0 Å². The second-order valence-corrected chi connectivity index (χ2v) is 19.0. The van der Waals surface area contributed by atoms with Gasteiger partial charge in [0.25, 0.3) is 0 Å². The Hall–Kier alpha value is -7.40. The van der Waals surface area contributed by atoms with Gasteiger partial charge in [0.05, 0.1) is 22.1 Å². The van der Waals surface area contributed by atoms with Crippen LogP contribution in [-0.4, -0.2) is 17.2 Å². The standard InChI is InChI=1S/C54H36N2OSi/c1-4-17-39(18-5-1)58(40-19-6-2-7-20-40,41-21-8-3-9-22-41)53-30-16-28-50-54(53)45-25-11-14-27-48(45)56(50)37-32-34-49-46(35-37)42-23-10-13-26-47(42)55(49)38-31-33-44-43-24-12-15-29-51(43)57-52(44)36-38/h1-36H. The number of fused-ring (bicyclic) bond motifs is 9. The van der Waals surface area contributed by atoms with Gasteiger partial charge < -0.3 is 13.6 Å². The summed E-state index contributed by atoms with van der Waals surface area (Å²) in [5.41, 5.74) is 8.74. The zero-order valence-electron chi connectivity index (χ0n) is 31.6. The number of rotatable bonds is 6. The summed E-state index contributed by atoms with van der Waals surface area (Å²) in [4.78, 5) is 0. The van der Waals surface area contributed by atoms with Gasteiger partial charge >= 0.3 is 0 Å². The molecule has 0 saturated carbocycles. The van der Waals surface area contributed by atoms with Gasteiger partial charge in [-0.25, -0.2) is 0 Å². The van der Waals surface area contributed by atoms with Crippen molar-refractivity contribution in [1.29, 1.82) is 0 Å². The molecule has 3 nitrogen and oxygen atoms in total. The van der Waals surface area contributed by atoms with Crippen molar-refractivity contribution in [3.63, 3.8) is 0 Å². The fraction of sp³-hybridized carbons (Fsp3) is 0. The molecule has 0 aliphatic heterocycles. The summed E-state index contributed by atoms with van der Waals surface area (Å²) < 4.78 is 11.2. The molecular formula is C54H36N2OSi. The molecule has 3 aromatic heterocycles. The molecule has 0 atom stereocenters. The molecule has 0 spiro atoms. The molecule has 0 N–H and O–H groups in total. The Bertz CT molecular complexity index is 3410. The maximum Gasteiger partial charge on any atom is 0.180 e. The largest absolute Gasteiger partial charge is 0.456 e. The summed E-state index contributed by atoms with van der Waals surface area (Å²) in [6.45, 7) is 0. The van der Waals surface area contributed by atoms with Crippen molar-refractivity contribution in [3.05, 3.63) is 218 Å². The third kappa shape index (κ3) is 4.67. The SMILES string of the molecule is c1ccc([Si](c2ccccc2)(c2ccccc2)c2cccc3c2c2ccccc2n3-c2ccc3c(c2)c2ccccc2n3-c2ccc3c(c2)oc2ccccc23)cc1. The van der Waals surface area contributed by atoms with E-state index in [2.05, 4.69) is 215 Å². The van der Waals surface area contributed by atoms with E-state index in [9.17, 15) is 0 Å². The number of aromatic nitrogens is 2. The van der Waals surface area contributed by atoms with E-state index in [1.54, 1.807) is 0 Å². The molecule has 3 heterocycles. The van der Waals surface area contributed by atoms with E-state index >= 15 is 0 Å². The summed E-state index contributed by atoms with van der Waals surface area (Å²) in [6.07, 6.45) is 0. The van der Waals surface area contributed by atoms with Crippen molar-refractivity contribution < 1.29 is 4.42 Å². The first-order valence-electron chi connectivity index (χ1n) is 19.9. The van der Waals surface area contributed by atoms with Gasteiger partial charge in [-0.1, -0.05) is 158 Å². The molecule has 272 valence electrons. The van der Waals surface area contributed by atoms with Crippen molar-refractivity contribution in [2.75, 3.05) is 0 Å². The minimum atomic E-state index is -2.84. The van der Waals surface area contributed by atoms with E-state index in [1.165, 1.54) is 58.8 Å². The van der Waals surface area contributed by atoms with Crippen LogP contribution in [0.1, 0.15) is 0 Å². The lowest BCUT2D eigenvalue weighted by Gasteiger charge is -2.35. The topological polar surface area (TPSA) is 23.0 Å².